The van der Waals surface area contributed by atoms with Crippen molar-refractivity contribution in [1.82, 2.24) is 9.97 Å². The van der Waals surface area contributed by atoms with Crippen LogP contribution in [0.4, 0.5) is 5.82 Å². The monoisotopic (exact) mass is 303 g/mol. The van der Waals surface area contributed by atoms with E-state index in [9.17, 15) is 0 Å². The van der Waals surface area contributed by atoms with Gasteiger partial charge in [0.05, 0.1) is 0 Å². The summed E-state index contributed by atoms with van der Waals surface area (Å²) in [4.78, 5) is 12.1. The van der Waals surface area contributed by atoms with E-state index in [4.69, 9.17) is 9.97 Å². The molecule has 0 bridgehead atoms. The average Bonchev–Trinajstić information content (AvgIpc) is 2.74. The van der Waals surface area contributed by atoms with Crippen molar-refractivity contribution in [2.45, 2.75) is 47.5 Å². The number of aromatic nitrogens is 2. The molecule has 0 atom stereocenters. The van der Waals surface area contributed by atoms with Gasteiger partial charge in [-0.15, -0.1) is 11.3 Å². The molecule has 21 heavy (non-hydrogen) atoms. The Hall–Kier alpha value is -1.42. The van der Waals surface area contributed by atoms with Crippen LogP contribution in [0.15, 0.2) is 12.1 Å². The highest BCUT2D eigenvalue weighted by Crippen LogP contribution is 2.29. The Balaban J connectivity index is 2.41. The summed E-state index contributed by atoms with van der Waals surface area (Å²) in [5, 5.41) is 3.40. The largest absolute Gasteiger partial charge is 0.370 e. The first-order valence-corrected chi connectivity index (χ1v) is 8.50. The van der Waals surface area contributed by atoms with Crippen molar-refractivity contribution in [2.75, 3.05) is 11.9 Å². The van der Waals surface area contributed by atoms with E-state index in [0.29, 0.717) is 5.92 Å². The third-order valence-corrected chi connectivity index (χ3v) is 4.20. The zero-order valence-corrected chi connectivity index (χ0v) is 14.5. The molecular weight excluding hydrogens is 278 g/mol. The molecule has 0 aromatic carbocycles. The summed E-state index contributed by atoms with van der Waals surface area (Å²) in [6.45, 7) is 11.8. The van der Waals surface area contributed by atoms with E-state index in [1.165, 1.54) is 15.3 Å². The Morgan fingerprint density at radius 1 is 1.19 bits per heavy atom. The van der Waals surface area contributed by atoms with Gasteiger partial charge in [0.15, 0.2) is 5.82 Å². The summed E-state index contributed by atoms with van der Waals surface area (Å²) in [6, 6.07) is 4.28. The molecule has 0 unspecified atom stereocenters. The number of aryl methyl sites for hydroxylation is 2. The highest BCUT2D eigenvalue weighted by atomic mass is 32.1. The second-order valence-corrected chi connectivity index (χ2v) is 7.38. The normalized spacial score (nSPS) is 11.1. The van der Waals surface area contributed by atoms with Crippen LogP contribution in [0.25, 0.3) is 11.4 Å². The molecule has 0 fully saturated rings. The van der Waals surface area contributed by atoms with Gasteiger partial charge in [0, 0.05) is 33.6 Å². The summed E-state index contributed by atoms with van der Waals surface area (Å²) in [7, 11) is 0. The average molecular weight is 303 g/mol. The van der Waals surface area contributed by atoms with Gasteiger partial charge in [0.25, 0.3) is 0 Å². The maximum Gasteiger partial charge on any atom is 0.162 e. The zero-order chi connectivity index (χ0) is 15.4. The fraction of sp³-hybridized carbons (Fsp3) is 0.529. The lowest BCUT2D eigenvalue weighted by Crippen LogP contribution is -2.07. The second kappa shape index (κ2) is 7.03. The summed E-state index contributed by atoms with van der Waals surface area (Å²) in [5.41, 5.74) is 2.29. The molecule has 0 aliphatic rings. The number of rotatable bonds is 6. The number of hydrogen-bond donors (Lipinski definition) is 1. The summed E-state index contributed by atoms with van der Waals surface area (Å²) >= 11 is 1.81. The first-order valence-electron chi connectivity index (χ1n) is 7.68. The van der Waals surface area contributed by atoms with Crippen molar-refractivity contribution in [3.8, 4) is 11.4 Å². The standard InChI is InChI=1S/C17H25N3S/c1-6-7-18-16-10-14(8-11(2)3)19-17(20-16)15-9-12(4)21-13(15)5/h9-11H,6-8H2,1-5H3,(H,18,19,20). The minimum atomic E-state index is 0.595. The van der Waals surface area contributed by atoms with Gasteiger partial charge in [0.1, 0.15) is 5.82 Å². The number of nitrogens with one attached hydrogen (secondary N) is 1. The fourth-order valence-corrected chi connectivity index (χ4v) is 3.26. The number of thiophene rings is 1. The van der Waals surface area contributed by atoms with Crippen LogP contribution >= 0.6 is 11.3 Å². The molecule has 0 spiro atoms. The summed E-state index contributed by atoms with van der Waals surface area (Å²) in [6.07, 6.45) is 2.08. The SMILES string of the molecule is CCCNc1cc(CC(C)C)nc(-c2cc(C)sc2C)n1. The smallest absolute Gasteiger partial charge is 0.162 e. The van der Waals surface area contributed by atoms with Gasteiger partial charge in [-0.1, -0.05) is 20.8 Å². The highest BCUT2D eigenvalue weighted by Gasteiger charge is 2.12. The molecule has 2 rings (SSSR count). The van der Waals surface area contributed by atoms with E-state index in [1.54, 1.807) is 0 Å². The first kappa shape index (κ1) is 16.0. The van der Waals surface area contributed by atoms with Gasteiger partial charge < -0.3 is 5.32 Å². The number of nitrogens with zero attached hydrogens (tertiary/aromatic N) is 2. The fourth-order valence-electron chi connectivity index (χ4n) is 2.34. The maximum absolute atomic E-state index is 4.78. The van der Waals surface area contributed by atoms with Crippen LogP contribution in [0.2, 0.25) is 0 Å². The number of hydrogen-bond acceptors (Lipinski definition) is 4. The maximum atomic E-state index is 4.78. The third-order valence-electron chi connectivity index (χ3n) is 3.23. The molecule has 1 N–H and O–H groups in total. The zero-order valence-electron chi connectivity index (χ0n) is 13.7. The van der Waals surface area contributed by atoms with Crippen LogP contribution in [0.1, 0.15) is 42.6 Å². The van der Waals surface area contributed by atoms with Gasteiger partial charge in [-0.2, -0.15) is 0 Å². The van der Waals surface area contributed by atoms with Gasteiger partial charge >= 0.3 is 0 Å². The van der Waals surface area contributed by atoms with Crippen LogP contribution in [0.5, 0.6) is 0 Å². The van der Waals surface area contributed by atoms with Crippen LogP contribution in [0, 0.1) is 19.8 Å². The molecule has 0 amide bonds. The van der Waals surface area contributed by atoms with Crippen molar-refractivity contribution in [2.24, 2.45) is 5.92 Å². The van der Waals surface area contributed by atoms with E-state index in [0.717, 1.165) is 36.7 Å². The molecule has 3 nitrogen and oxygen atoms in total. The van der Waals surface area contributed by atoms with Crippen molar-refractivity contribution in [3.63, 3.8) is 0 Å². The molecule has 0 aliphatic carbocycles. The quantitative estimate of drug-likeness (QED) is 0.829. The highest BCUT2D eigenvalue weighted by molar-refractivity contribution is 7.12. The Morgan fingerprint density at radius 3 is 2.52 bits per heavy atom. The molecule has 0 aliphatic heterocycles. The molecule has 114 valence electrons. The van der Waals surface area contributed by atoms with Crippen molar-refractivity contribution in [3.05, 3.63) is 27.6 Å². The third kappa shape index (κ3) is 4.27. The molecule has 0 saturated heterocycles. The lowest BCUT2D eigenvalue weighted by atomic mass is 10.1. The van der Waals surface area contributed by atoms with E-state index >= 15 is 0 Å². The van der Waals surface area contributed by atoms with Gasteiger partial charge in [-0.25, -0.2) is 9.97 Å². The molecule has 0 radical (unpaired) electrons. The Labute approximate surface area is 131 Å². The van der Waals surface area contributed by atoms with Crippen LogP contribution in [0.3, 0.4) is 0 Å². The van der Waals surface area contributed by atoms with E-state index in [-0.39, 0.29) is 0 Å². The Kier molecular flexibility index (Phi) is 5.34. The van der Waals surface area contributed by atoms with Crippen molar-refractivity contribution < 1.29 is 0 Å². The lowest BCUT2D eigenvalue weighted by Gasteiger charge is -2.11. The lowest BCUT2D eigenvalue weighted by molar-refractivity contribution is 0.635. The predicted octanol–water partition coefficient (Wildman–Crippen LogP) is 4.84. The van der Waals surface area contributed by atoms with Gasteiger partial charge in [-0.3, -0.25) is 0 Å². The Bertz CT molecular complexity index is 602. The predicted molar refractivity (Wildman–Crippen MR) is 92.1 cm³/mol. The van der Waals surface area contributed by atoms with E-state index in [2.05, 4.69) is 52.1 Å². The van der Waals surface area contributed by atoms with E-state index in [1.807, 2.05) is 11.3 Å². The summed E-state index contributed by atoms with van der Waals surface area (Å²) in [5.74, 6) is 2.39. The molecule has 0 saturated carbocycles. The Morgan fingerprint density at radius 2 is 1.95 bits per heavy atom. The minimum absolute atomic E-state index is 0.595. The van der Waals surface area contributed by atoms with Crippen molar-refractivity contribution >= 4 is 17.2 Å². The van der Waals surface area contributed by atoms with Crippen molar-refractivity contribution in [1.29, 1.82) is 0 Å². The molecule has 2 aromatic heterocycles. The topological polar surface area (TPSA) is 37.8 Å². The molecular formula is C17H25N3S. The van der Waals surface area contributed by atoms with E-state index < -0.39 is 0 Å². The summed E-state index contributed by atoms with van der Waals surface area (Å²) < 4.78 is 0. The first-order chi connectivity index (χ1) is 9.99. The van der Waals surface area contributed by atoms with Crippen LogP contribution in [-0.2, 0) is 6.42 Å². The molecule has 2 aromatic rings. The minimum Gasteiger partial charge on any atom is -0.370 e. The number of anilines is 1. The molecule has 2 heterocycles. The van der Waals surface area contributed by atoms with Crippen LogP contribution < -0.4 is 5.32 Å². The van der Waals surface area contributed by atoms with Gasteiger partial charge in [0.2, 0.25) is 0 Å². The van der Waals surface area contributed by atoms with Gasteiger partial charge in [-0.05, 0) is 38.7 Å². The molecule has 4 heteroatoms. The second-order valence-electron chi connectivity index (χ2n) is 5.92. The van der Waals surface area contributed by atoms with Crippen LogP contribution in [-0.4, -0.2) is 16.5 Å².